The van der Waals surface area contributed by atoms with Crippen LogP contribution in [0.2, 0.25) is 0 Å². The van der Waals surface area contributed by atoms with Gasteiger partial charge in [0.25, 0.3) is 0 Å². The lowest BCUT2D eigenvalue weighted by atomic mass is 9.85. The van der Waals surface area contributed by atoms with Crippen LogP contribution in [0.3, 0.4) is 0 Å². The topological polar surface area (TPSA) is 21.3 Å². The lowest BCUT2D eigenvalue weighted by Gasteiger charge is -2.38. The van der Waals surface area contributed by atoms with E-state index in [2.05, 4.69) is 50.4 Å². The van der Waals surface area contributed by atoms with Gasteiger partial charge in [0.15, 0.2) is 0 Å². The van der Waals surface area contributed by atoms with Gasteiger partial charge in [0.1, 0.15) is 0 Å². The third kappa shape index (κ3) is 2.76. The Morgan fingerprint density at radius 1 is 1.28 bits per heavy atom. The first-order valence-corrected chi connectivity index (χ1v) is 6.97. The summed E-state index contributed by atoms with van der Waals surface area (Å²) in [5.74, 6) is 0.587. The van der Waals surface area contributed by atoms with E-state index >= 15 is 0 Å². The average Bonchev–Trinajstić information content (AvgIpc) is 2.39. The molecule has 2 rings (SSSR count). The largest absolute Gasteiger partial charge is 0.370 e. The van der Waals surface area contributed by atoms with Crippen LogP contribution in [0.4, 0.5) is 0 Å². The van der Waals surface area contributed by atoms with Crippen molar-refractivity contribution in [3.05, 3.63) is 35.4 Å². The maximum atomic E-state index is 6.04. The summed E-state index contributed by atoms with van der Waals surface area (Å²) in [6, 6.07) is 9.49. The Morgan fingerprint density at radius 3 is 2.50 bits per heavy atom. The average molecular weight is 247 g/mol. The van der Waals surface area contributed by atoms with Gasteiger partial charge in [-0.25, -0.2) is 0 Å². The van der Waals surface area contributed by atoms with E-state index in [4.69, 9.17) is 4.74 Å². The van der Waals surface area contributed by atoms with E-state index in [-0.39, 0.29) is 5.60 Å². The number of benzene rings is 1. The first-order valence-electron chi connectivity index (χ1n) is 6.97. The van der Waals surface area contributed by atoms with Crippen LogP contribution in [0.1, 0.15) is 50.7 Å². The van der Waals surface area contributed by atoms with Gasteiger partial charge in [-0.3, -0.25) is 0 Å². The summed E-state index contributed by atoms with van der Waals surface area (Å²) >= 11 is 0. The van der Waals surface area contributed by atoms with E-state index < -0.39 is 0 Å². The van der Waals surface area contributed by atoms with Gasteiger partial charge in [0, 0.05) is 12.6 Å². The first kappa shape index (κ1) is 13.6. The molecule has 1 heterocycles. The molecule has 0 aliphatic carbocycles. The molecule has 1 aliphatic heterocycles. The van der Waals surface area contributed by atoms with Gasteiger partial charge in [-0.1, -0.05) is 38.1 Å². The second-order valence-corrected chi connectivity index (χ2v) is 5.83. The van der Waals surface area contributed by atoms with Gasteiger partial charge in [0.2, 0.25) is 0 Å². The minimum absolute atomic E-state index is 0.137. The maximum absolute atomic E-state index is 6.04. The van der Waals surface area contributed by atoms with Gasteiger partial charge in [-0.05, 0) is 43.9 Å². The Morgan fingerprint density at radius 2 is 1.94 bits per heavy atom. The maximum Gasteiger partial charge on any atom is 0.0918 e. The standard InChI is InChI=1S/C16H25NO/c1-12(2)13-5-7-14(8-6-13)16(3)11-15(17-4)9-10-18-16/h5-8,12,15,17H,9-11H2,1-4H3. The van der Waals surface area contributed by atoms with E-state index in [1.54, 1.807) is 0 Å². The molecule has 1 fully saturated rings. The molecular weight excluding hydrogens is 222 g/mol. The summed E-state index contributed by atoms with van der Waals surface area (Å²) in [6.45, 7) is 7.50. The predicted octanol–water partition coefficient (Wildman–Crippen LogP) is 3.42. The Balaban J connectivity index is 2.18. The second-order valence-electron chi connectivity index (χ2n) is 5.83. The molecular formula is C16H25NO. The van der Waals surface area contributed by atoms with Gasteiger partial charge >= 0.3 is 0 Å². The quantitative estimate of drug-likeness (QED) is 0.883. The van der Waals surface area contributed by atoms with E-state index in [1.165, 1.54) is 11.1 Å². The highest BCUT2D eigenvalue weighted by atomic mass is 16.5. The van der Waals surface area contributed by atoms with Crippen LogP contribution in [0, 0.1) is 0 Å². The van der Waals surface area contributed by atoms with E-state index in [1.807, 2.05) is 7.05 Å². The zero-order chi connectivity index (χ0) is 13.2. The van der Waals surface area contributed by atoms with Crippen molar-refractivity contribution >= 4 is 0 Å². The molecule has 1 aromatic carbocycles. The molecule has 0 amide bonds. The number of hydrogen-bond acceptors (Lipinski definition) is 2. The number of hydrogen-bond donors (Lipinski definition) is 1. The summed E-state index contributed by atoms with van der Waals surface area (Å²) in [7, 11) is 2.04. The van der Waals surface area contributed by atoms with E-state index in [0.29, 0.717) is 12.0 Å². The van der Waals surface area contributed by atoms with Crippen LogP contribution in [-0.4, -0.2) is 19.7 Å². The zero-order valence-electron chi connectivity index (χ0n) is 12.0. The fraction of sp³-hybridized carbons (Fsp3) is 0.625. The molecule has 0 radical (unpaired) electrons. The van der Waals surface area contributed by atoms with Crippen LogP contribution < -0.4 is 5.32 Å². The normalized spacial score (nSPS) is 28.6. The third-order valence-electron chi connectivity index (χ3n) is 4.12. The lowest BCUT2D eigenvalue weighted by molar-refractivity contribution is -0.0804. The molecule has 2 atom stereocenters. The second kappa shape index (κ2) is 5.41. The van der Waals surface area contributed by atoms with Crippen LogP contribution in [-0.2, 0) is 10.3 Å². The van der Waals surface area contributed by atoms with Crippen LogP contribution in [0.5, 0.6) is 0 Å². The molecule has 2 heteroatoms. The summed E-state index contributed by atoms with van der Waals surface area (Å²) in [5.41, 5.74) is 2.55. The molecule has 1 aliphatic rings. The molecule has 1 N–H and O–H groups in total. The minimum atomic E-state index is -0.137. The molecule has 2 nitrogen and oxygen atoms in total. The van der Waals surface area contributed by atoms with Crippen molar-refractivity contribution in [3.8, 4) is 0 Å². The lowest BCUT2D eigenvalue weighted by Crippen LogP contribution is -2.42. The van der Waals surface area contributed by atoms with Crippen molar-refractivity contribution in [2.75, 3.05) is 13.7 Å². The molecule has 0 aromatic heterocycles. The highest BCUT2D eigenvalue weighted by Gasteiger charge is 2.34. The van der Waals surface area contributed by atoms with Gasteiger partial charge in [-0.15, -0.1) is 0 Å². The van der Waals surface area contributed by atoms with Crippen molar-refractivity contribution in [3.63, 3.8) is 0 Å². The molecule has 0 spiro atoms. The summed E-state index contributed by atoms with van der Waals surface area (Å²) in [4.78, 5) is 0. The van der Waals surface area contributed by atoms with Crippen molar-refractivity contribution in [1.82, 2.24) is 5.32 Å². The van der Waals surface area contributed by atoms with Crippen LogP contribution in [0.25, 0.3) is 0 Å². The zero-order valence-corrected chi connectivity index (χ0v) is 12.0. The fourth-order valence-electron chi connectivity index (χ4n) is 2.73. The first-order chi connectivity index (χ1) is 8.55. The number of rotatable bonds is 3. The summed E-state index contributed by atoms with van der Waals surface area (Å²) in [5, 5.41) is 3.38. The smallest absolute Gasteiger partial charge is 0.0918 e. The Hall–Kier alpha value is -0.860. The molecule has 2 unspecified atom stereocenters. The molecule has 1 saturated heterocycles. The van der Waals surface area contributed by atoms with E-state index in [0.717, 1.165) is 19.4 Å². The van der Waals surface area contributed by atoms with Gasteiger partial charge in [0.05, 0.1) is 5.60 Å². The minimum Gasteiger partial charge on any atom is -0.370 e. The fourth-order valence-corrected chi connectivity index (χ4v) is 2.73. The molecule has 18 heavy (non-hydrogen) atoms. The van der Waals surface area contributed by atoms with E-state index in [9.17, 15) is 0 Å². The van der Waals surface area contributed by atoms with Crippen LogP contribution >= 0.6 is 0 Å². The van der Waals surface area contributed by atoms with Crippen molar-refractivity contribution in [2.45, 2.75) is 51.2 Å². The predicted molar refractivity (Wildman–Crippen MR) is 75.9 cm³/mol. The summed E-state index contributed by atoms with van der Waals surface area (Å²) < 4.78 is 6.04. The highest BCUT2D eigenvalue weighted by Crippen LogP contribution is 2.35. The third-order valence-corrected chi connectivity index (χ3v) is 4.12. The Bertz CT molecular complexity index is 385. The Labute approximate surface area is 111 Å². The molecule has 0 saturated carbocycles. The molecule has 100 valence electrons. The van der Waals surface area contributed by atoms with Crippen LogP contribution in [0.15, 0.2) is 24.3 Å². The monoisotopic (exact) mass is 247 g/mol. The van der Waals surface area contributed by atoms with Crippen molar-refractivity contribution < 1.29 is 4.74 Å². The van der Waals surface area contributed by atoms with Crippen molar-refractivity contribution in [2.24, 2.45) is 0 Å². The molecule has 1 aromatic rings. The van der Waals surface area contributed by atoms with Crippen molar-refractivity contribution in [1.29, 1.82) is 0 Å². The van der Waals surface area contributed by atoms with Gasteiger partial charge in [-0.2, -0.15) is 0 Å². The SMILES string of the molecule is CNC1CCOC(C)(c2ccc(C(C)C)cc2)C1. The van der Waals surface area contributed by atoms with Gasteiger partial charge < -0.3 is 10.1 Å². The summed E-state index contributed by atoms with van der Waals surface area (Å²) in [6.07, 6.45) is 2.15. The molecule has 0 bridgehead atoms. The highest BCUT2D eigenvalue weighted by molar-refractivity contribution is 5.29. The Kier molecular flexibility index (Phi) is 4.08. The number of ether oxygens (including phenoxy) is 1. The number of nitrogens with one attached hydrogen (secondary N) is 1.